The van der Waals surface area contributed by atoms with E-state index >= 15 is 0 Å². The Morgan fingerprint density at radius 3 is 2.29 bits per heavy atom. The van der Waals surface area contributed by atoms with Crippen LogP contribution in [0.1, 0.15) is 82.0 Å². The minimum atomic E-state index is -1.06. The predicted octanol–water partition coefficient (Wildman–Crippen LogP) is 0.866. The van der Waals surface area contributed by atoms with Crippen LogP contribution >= 0.6 is 0 Å². The standard InChI is InChI=1S/C34H50N8O6/c1-8-42-27(18-25(40-42)20(2)3)32(46)37-24-15-12-16-35-28(43)19-41(7)34(48)26(17-23-13-10-9-11-14-23)38-30(44)22(6)36-33(47)29(21(4)5)39-31(24)45/h9-11,13-14,18,20-22,24,26,29H,8,12,15-17,19H2,1-7H3,(H,35,43)(H,36,47)(H,37,46)(H,38,44)(H,39,45)/t22-,24+,26+,29-/m1/s1. The topological polar surface area (TPSA) is 184 Å². The molecule has 14 nitrogen and oxygen atoms in total. The molecule has 6 amide bonds. The number of carbonyl (C=O) groups excluding carboxylic acids is 6. The van der Waals surface area contributed by atoms with Crippen molar-refractivity contribution in [1.82, 2.24) is 41.3 Å². The molecule has 48 heavy (non-hydrogen) atoms. The Bertz CT molecular complexity index is 1460. The first-order chi connectivity index (χ1) is 22.7. The van der Waals surface area contributed by atoms with Gasteiger partial charge in [-0.1, -0.05) is 58.0 Å². The quantitative estimate of drug-likeness (QED) is 0.290. The highest BCUT2D eigenvalue weighted by Crippen LogP contribution is 2.15. The van der Waals surface area contributed by atoms with Crippen molar-refractivity contribution >= 4 is 35.4 Å². The molecule has 4 atom stereocenters. The smallest absolute Gasteiger partial charge is 0.270 e. The van der Waals surface area contributed by atoms with E-state index in [-0.39, 0.29) is 37.8 Å². The Kier molecular flexibility index (Phi) is 13.7. The highest BCUT2D eigenvalue weighted by molar-refractivity contribution is 5.98. The number of hydrogen-bond donors (Lipinski definition) is 5. The van der Waals surface area contributed by atoms with Crippen molar-refractivity contribution in [3.05, 3.63) is 53.3 Å². The molecule has 0 bridgehead atoms. The van der Waals surface area contributed by atoms with E-state index in [1.807, 2.05) is 51.1 Å². The van der Waals surface area contributed by atoms with Crippen molar-refractivity contribution in [1.29, 1.82) is 0 Å². The van der Waals surface area contributed by atoms with Crippen LogP contribution < -0.4 is 26.6 Å². The molecule has 3 rings (SSSR count). The van der Waals surface area contributed by atoms with Crippen LogP contribution in [0.25, 0.3) is 0 Å². The molecule has 0 radical (unpaired) electrons. The summed E-state index contributed by atoms with van der Waals surface area (Å²) in [5, 5.41) is 18.2. The lowest BCUT2D eigenvalue weighted by Crippen LogP contribution is -2.59. The van der Waals surface area contributed by atoms with Crippen molar-refractivity contribution in [2.75, 3.05) is 20.1 Å². The van der Waals surface area contributed by atoms with Gasteiger partial charge in [-0.3, -0.25) is 33.4 Å². The van der Waals surface area contributed by atoms with Crippen molar-refractivity contribution in [3.8, 4) is 0 Å². The number of aryl methyl sites for hydroxylation is 1. The number of likely N-dealkylation sites (N-methyl/N-ethyl adjacent to an activating group) is 1. The van der Waals surface area contributed by atoms with Gasteiger partial charge in [0.15, 0.2) is 0 Å². The van der Waals surface area contributed by atoms with Gasteiger partial charge in [0.25, 0.3) is 5.91 Å². The summed E-state index contributed by atoms with van der Waals surface area (Å²) in [4.78, 5) is 81.4. The monoisotopic (exact) mass is 666 g/mol. The Morgan fingerprint density at radius 1 is 0.979 bits per heavy atom. The van der Waals surface area contributed by atoms with Gasteiger partial charge in [0.05, 0.1) is 12.2 Å². The number of rotatable bonds is 7. The Balaban J connectivity index is 1.87. The van der Waals surface area contributed by atoms with E-state index in [2.05, 4.69) is 31.7 Å². The van der Waals surface area contributed by atoms with Crippen LogP contribution in [0.5, 0.6) is 0 Å². The Hall–Kier alpha value is -4.75. The fraction of sp³-hybridized carbons (Fsp3) is 0.559. The number of nitrogens with zero attached hydrogens (tertiary/aromatic N) is 3. The average Bonchev–Trinajstić information content (AvgIpc) is 3.49. The van der Waals surface area contributed by atoms with Gasteiger partial charge >= 0.3 is 0 Å². The lowest BCUT2D eigenvalue weighted by Gasteiger charge is -2.28. The minimum absolute atomic E-state index is 0.0891. The van der Waals surface area contributed by atoms with Crippen LogP contribution in [0.3, 0.4) is 0 Å². The SMILES string of the molecule is CCn1nc(C(C)C)cc1C(=O)N[C@H]1CCCNC(=O)CN(C)C(=O)[C@H](Cc2ccccc2)NC(=O)[C@@H](C)NC(=O)[C@@H](C(C)C)NC1=O. The van der Waals surface area contributed by atoms with Crippen molar-refractivity contribution in [2.24, 2.45) is 5.92 Å². The van der Waals surface area contributed by atoms with E-state index in [4.69, 9.17) is 0 Å². The van der Waals surface area contributed by atoms with Crippen LogP contribution in [0.15, 0.2) is 36.4 Å². The van der Waals surface area contributed by atoms with Gasteiger partial charge < -0.3 is 31.5 Å². The lowest BCUT2D eigenvalue weighted by atomic mass is 10.0. The second-order valence-corrected chi connectivity index (χ2v) is 12.8. The van der Waals surface area contributed by atoms with E-state index in [1.165, 1.54) is 18.9 Å². The van der Waals surface area contributed by atoms with Crippen molar-refractivity contribution in [2.45, 2.75) is 97.4 Å². The van der Waals surface area contributed by atoms with Gasteiger partial charge in [0, 0.05) is 26.6 Å². The van der Waals surface area contributed by atoms with Crippen molar-refractivity contribution in [3.63, 3.8) is 0 Å². The summed E-state index contributed by atoms with van der Waals surface area (Å²) in [5.41, 5.74) is 1.85. The molecule has 0 unspecified atom stereocenters. The van der Waals surface area contributed by atoms with Crippen LogP contribution in [0, 0.1) is 5.92 Å². The third kappa shape index (κ3) is 10.4. The molecule has 1 aromatic heterocycles. The summed E-state index contributed by atoms with van der Waals surface area (Å²) in [6.45, 7) is 11.1. The molecule has 1 saturated heterocycles. The second kappa shape index (κ2) is 17.4. The maximum atomic E-state index is 13.7. The number of amides is 6. The Morgan fingerprint density at radius 2 is 1.67 bits per heavy atom. The summed E-state index contributed by atoms with van der Waals surface area (Å²) in [5.74, 6) is -3.45. The molecule has 2 aromatic rings. The molecule has 1 fully saturated rings. The molecule has 0 saturated carbocycles. The molecule has 1 aliphatic heterocycles. The number of benzene rings is 1. The van der Waals surface area contributed by atoms with Gasteiger partial charge in [0.1, 0.15) is 29.9 Å². The molecule has 262 valence electrons. The van der Waals surface area contributed by atoms with Gasteiger partial charge in [-0.2, -0.15) is 5.10 Å². The van der Waals surface area contributed by atoms with Gasteiger partial charge in [-0.25, -0.2) is 0 Å². The van der Waals surface area contributed by atoms with Crippen LogP contribution in [-0.4, -0.2) is 94.4 Å². The number of aromatic nitrogens is 2. The highest BCUT2D eigenvalue weighted by Gasteiger charge is 2.33. The molecule has 2 heterocycles. The fourth-order valence-electron chi connectivity index (χ4n) is 5.30. The molecule has 1 aromatic carbocycles. The fourth-order valence-corrected chi connectivity index (χ4v) is 5.30. The van der Waals surface area contributed by atoms with Crippen LogP contribution in [-0.2, 0) is 36.9 Å². The number of nitrogens with one attached hydrogen (secondary N) is 5. The Labute approximate surface area is 282 Å². The molecule has 1 aliphatic rings. The zero-order valence-electron chi connectivity index (χ0n) is 29.0. The number of carbonyl (C=O) groups is 6. The van der Waals surface area contributed by atoms with Gasteiger partial charge in [-0.15, -0.1) is 0 Å². The third-order valence-electron chi connectivity index (χ3n) is 8.19. The summed E-state index contributed by atoms with van der Waals surface area (Å²) in [7, 11) is 1.48. The maximum Gasteiger partial charge on any atom is 0.270 e. The van der Waals surface area contributed by atoms with Gasteiger partial charge in [0.2, 0.25) is 29.5 Å². The second-order valence-electron chi connectivity index (χ2n) is 12.8. The largest absolute Gasteiger partial charge is 0.355 e. The van der Waals surface area contributed by atoms with Gasteiger partial charge in [-0.05, 0) is 50.2 Å². The molecule has 0 spiro atoms. The number of hydrogen-bond acceptors (Lipinski definition) is 7. The third-order valence-corrected chi connectivity index (χ3v) is 8.19. The van der Waals surface area contributed by atoms with Crippen LogP contribution in [0.4, 0.5) is 0 Å². The summed E-state index contributed by atoms with van der Waals surface area (Å²) in [6, 6.07) is 6.69. The first kappa shape index (κ1) is 37.7. The highest BCUT2D eigenvalue weighted by atomic mass is 16.2. The molecular weight excluding hydrogens is 616 g/mol. The predicted molar refractivity (Wildman–Crippen MR) is 180 cm³/mol. The first-order valence-corrected chi connectivity index (χ1v) is 16.6. The average molecular weight is 667 g/mol. The zero-order chi connectivity index (χ0) is 35.5. The normalized spacial score (nSPS) is 22.4. The summed E-state index contributed by atoms with van der Waals surface area (Å²) >= 11 is 0. The molecule has 0 aliphatic carbocycles. The van der Waals surface area contributed by atoms with E-state index in [9.17, 15) is 28.8 Å². The van der Waals surface area contributed by atoms with Crippen LogP contribution in [0.2, 0.25) is 0 Å². The lowest BCUT2D eigenvalue weighted by molar-refractivity contribution is -0.139. The molecule has 14 heteroatoms. The van der Waals surface area contributed by atoms with E-state index < -0.39 is 59.6 Å². The first-order valence-electron chi connectivity index (χ1n) is 16.6. The molecule has 5 N–H and O–H groups in total. The van der Waals surface area contributed by atoms with E-state index in [0.29, 0.717) is 18.7 Å². The van der Waals surface area contributed by atoms with Crippen molar-refractivity contribution < 1.29 is 28.8 Å². The minimum Gasteiger partial charge on any atom is -0.355 e. The maximum absolute atomic E-state index is 13.7. The van der Waals surface area contributed by atoms with E-state index in [0.717, 1.165) is 11.3 Å². The summed E-state index contributed by atoms with van der Waals surface area (Å²) in [6.07, 6.45) is 0.635. The zero-order valence-corrected chi connectivity index (χ0v) is 29.0. The van der Waals surface area contributed by atoms with E-state index in [1.54, 1.807) is 24.6 Å². The molecular formula is C34H50N8O6. The summed E-state index contributed by atoms with van der Waals surface area (Å²) < 4.78 is 1.57.